The molecule has 10 aromatic rings. The Morgan fingerprint density at radius 1 is 0.343 bits per heavy atom. The fourth-order valence-corrected chi connectivity index (χ4v) is 18.0. The Hall–Kier alpha value is -4.61. The molecule has 0 aliphatic rings. The van der Waals surface area contributed by atoms with Crippen molar-refractivity contribution in [3.8, 4) is 0 Å². The smallest absolute Gasteiger partial charge is 0.387 e. The molecule has 2 heterocycles. The maximum absolute atomic E-state index is 7.17. The molecule has 0 saturated heterocycles. The average molecular weight is 993 g/mol. The fourth-order valence-electron chi connectivity index (χ4n) is 9.69. The van der Waals surface area contributed by atoms with Gasteiger partial charge in [0.2, 0.25) is 0 Å². The summed E-state index contributed by atoms with van der Waals surface area (Å²) in [7, 11) is -11.5. The Balaban J connectivity index is 1.12. The largest absolute Gasteiger partial charge is 0.399 e. The zero-order valence-electron chi connectivity index (χ0n) is 41.0. The summed E-state index contributed by atoms with van der Waals surface area (Å²) in [5.74, 6) is 0. The van der Waals surface area contributed by atoms with Crippen molar-refractivity contribution in [1.29, 1.82) is 0 Å². The predicted molar refractivity (Wildman–Crippen MR) is 302 cm³/mol. The zero-order valence-corrected chi connectivity index (χ0v) is 46.8. The van der Waals surface area contributed by atoms with Gasteiger partial charge in [-0.15, -0.1) is 0 Å². The highest BCUT2D eigenvalue weighted by Gasteiger charge is 2.30. The molecule has 0 spiro atoms. The van der Waals surface area contributed by atoms with Crippen LogP contribution in [0, 0.1) is 0 Å². The summed E-state index contributed by atoms with van der Waals surface area (Å²) in [5, 5.41) is 19.0. The van der Waals surface area contributed by atoms with Gasteiger partial charge in [-0.25, -0.2) is 0 Å². The third kappa shape index (κ3) is 8.52. The summed E-state index contributed by atoms with van der Waals surface area (Å²) < 4.78 is 42.3. The highest BCUT2D eigenvalue weighted by atomic mass is 31.1. The summed E-state index contributed by atoms with van der Waals surface area (Å²) in [6.07, 6.45) is 0.588. The quantitative estimate of drug-likeness (QED) is 0.100. The van der Waals surface area contributed by atoms with Crippen molar-refractivity contribution in [2.24, 2.45) is 0 Å². The number of fused-ring (bicyclic) bond motifs is 14. The van der Waals surface area contributed by atoms with Crippen molar-refractivity contribution in [3.63, 3.8) is 0 Å². The van der Waals surface area contributed by atoms with Crippen molar-refractivity contribution in [2.75, 3.05) is 13.2 Å². The van der Waals surface area contributed by atoms with Crippen LogP contribution in [0.5, 0.6) is 0 Å². The Labute approximate surface area is 399 Å². The molecule has 10 rings (SSSR count). The van der Waals surface area contributed by atoms with Gasteiger partial charge in [-0.1, -0.05) is 200 Å². The van der Waals surface area contributed by atoms with Gasteiger partial charge in [0.25, 0.3) is 0 Å². The van der Waals surface area contributed by atoms with Crippen LogP contribution in [0.3, 0.4) is 0 Å². The van der Waals surface area contributed by atoms with Gasteiger partial charge in [0.05, 0.1) is 45.5 Å². The van der Waals surface area contributed by atoms with Gasteiger partial charge in [-0.05, 0) is 70.3 Å². The molecule has 0 fully saturated rings. The summed E-state index contributed by atoms with van der Waals surface area (Å²) in [4.78, 5) is 0. The van der Waals surface area contributed by atoms with Gasteiger partial charge in [-0.2, -0.15) is 0 Å². The lowest BCUT2D eigenvalue weighted by Gasteiger charge is -2.20. The van der Waals surface area contributed by atoms with Gasteiger partial charge in [0.15, 0.2) is 0 Å². The number of benzene rings is 8. The van der Waals surface area contributed by atoms with E-state index in [4.69, 9.17) is 25.8 Å². The van der Waals surface area contributed by atoms with E-state index < -0.39 is 48.8 Å². The molecule has 0 amide bonds. The first-order valence-corrected chi connectivity index (χ1v) is 39.8. The predicted octanol–water partition coefficient (Wildman–Crippen LogP) is 15.6. The second-order valence-electron chi connectivity index (χ2n) is 22.2. The van der Waals surface area contributed by atoms with E-state index in [0.717, 1.165) is 65.4 Å². The van der Waals surface area contributed by atoms with E-state index in [9.17, 15) is 0 Å². The molecule has 0 aliphatic heterocycles. The van der Waals surface area contributed by atoms with Crippen molar-refractivity contribution in [3.05, 3.63) is 121 Å². The van der Waals surface area contributed by atoms with Crippen LogP contribution in [-0.4, -0.2) is 45.5 Å². The second-order valence-corrected chi connectivity index (χ2v) is 44.5. The molecule has 0 bridgehead atoms. The highest BCUT2D eigenvalue weighted by molar-refractivity contribution is 7.32. The first-order chi connectivity index (χ1) is 31.8. The minimum absolute atomic E-state index is 0.369. The van der Waals surface area contributed by atoms with E-state index in [1.54, 1.807) is 0 Å². The van der Waals surface area contributed by atoms with E-state index in [2.05, 4.69) is 200 Å². The van der Waals surface area contributed by atoms with E-state index in [-0.39, 0.29) is 0 Å². The summed E-state index contributed by atoms with van der Waals surface area (Å²) in [5.41, 5.74) is 3.59. The lowest BCUT2D eigenvalue weighted by Crippen LogP contribution is -2.38. The Morgan fingerprint density at radius 2 is 0.567 bits per heavy atom. The molecular weight excluding hydrogens is 931 g/mol. The molecule has 0 N–H and O–H groups in total. The number of hydrogen-bond donors (Lipinski definition) is 0. The van der Waals surface area contributed by atoms with Gasteiger partial charge >= 0.3 is 16.5 Å². The Morgan fingerprint density at radius 3 is 0.791 bits per heavy atom. The molecule has 12 heteroatoms. The molecule has 0 unspecified atom stereocenters. The minimum Gasteiger partial charge on any atom is -0.399 e. The maximum Gasteiger partial charge on any atom is 0.387 e. The molecule has 0 saturated carbocycles. The lowest BCUT2D eigenvalue weighted by atomic mass is 9.98. The molecule has 0 atom stereocenters. The van der Waals surface area contributed by atoms with Crippen LogP contribution in [-0.2, 0) is 0 Å². The van der Waals surface area contributed by atoms with Crippen molar-refractivity contribution >= 4 is 156 Å². The second kappa shape index (κ2) is 17.1. The molecule has 8 aromatic carbocycles. The zero-order chi connectivity index (χ0) is 47.2. The molecule has 67 heavy (non-hydrogen) atoms. The molecular formula is C55H62O6P2Si4. The van der Waals surface area contributed by atoms with Gasteiger partial charge in [0.1, 0.15) is 22.3 Å². The lowest BCUT2D eigenvalue weighted by molar-refractivity contribution is 0.306. The molecule has 6 nitrogen and oxygen atoms in total. The van der Waals surface area contributed by atoms with Crippen molar-refractivity contribution < 1.29 is 25.8 Å². The third-order valence-corrected chi connectivity index (χ3v) is 23.1. The van der Waals surface area contributed by atoms with Crippen LogP contribution in [0.2, 0.25) is 78.6 Å². The fraction of sp³-hybridized carbons (Fsp3) is 0.273. The number of hydrogen-bond acceptors (Lipinski definition) is 6. The topological polar surface area (TPSA) is 71.0 Å². The van der Waals surface area contributed by atoms with Crippen molar-refractivity contribution in [1.82, 2.24) is 0 Å². The van der Waals surface area contributed by atoms with Crippen molar-refractivity contribution in [2.45, 2.75) is 85.0 Å². The Kier molecular flexibility index (Phi) is 11.8. The monoisotopic (exact) mass is 992 g/mol. The van der Waals surface area contributed by atoms with E-state index in [0.29, 0.717) is 19.6 Å². The van der Waals surface area contributed by atoms with Crippen LogP contribution in [0.25, 0.3) is 87.0 Å². The van der Waals surface area contributed by atoms with Gasteiger partial charge in [-0.3, -0.25) is 9.05 Å². The van der Waals surface area contributed by atoms with Crippen LogP contribution < -0.4 is 29.8 Å². The standard InChI is InChI=1S/C55H62O6P2Si4/c1-64(2,3)44-32-36-22-13-17-26-40(36)48-49-41-27-18-14-23-37(41)33-45(65(4,5)6)53(49)59-62(58-52(44)48)56-30-21-31-57-63-60-54-46(66(7,8)9)34-38-24-15-19-28-42(38)50(54)51-43-29-20-16-25-39(43)35-47(55(51)61-63)67(10,11)12/h13-20,22-29,32-35H,21,30-31H2,1-12H3. The first-order valence-electron chi connectivity index (χ1n) is 23.6. The Bertz CT molecular complexity index is 3210. The molecule has 2 aromatic heterocycles. The summed E-state index contributed by atoms with van der Waals surface area (Å²) in [6.45, 7) is 29.5. The molecule has 0 radical (unpaired) electrons. The maximum atomic E-state index is 7.17. The highest BCUT2D eigenvalue weighted by Crippen LogP contribution is 2.43. The average Bonchev–Trinajstić information content (AvgIpc) is 3.55. The molecule has 0 aliphatic carbocycles. The van der Waals surface area contributed by atoms with Crippen LogP contribution in [0.15, 0.2) is 138 Å². The van der Waals surface area contributed by atoms with Gasteiger partial charge < -0.3 is 16.8 Å². The SMILES string of the molecule is C[Si](C)(C)c1cc2ccccc2c2c1op(OCCCOp1oc3c([Si](C)(C)C)cc4ccccc4c3c3c(o1)c([Si](C)(C)C)cc1ccccc13)oc1c([Si](C)(C)C)cc3ccccc3c12. The van der Waals surface area contributed by atoms with E-state index >= 15 is 0 Å². The number of rotatable bonds is 10. The summed E-state index contributed by atoms with van der Waals surface area (Å²) >= 11 is 0. The molecule has 344 valence electrons. The minimum atomic E-state index is -1.96. The third-order valence-electron chi connectivity index (χ3n) is 13.1. The first kappa shape index (κ1) is 46.1. The summed E-state index contributed by atoms with van der Waals surface area (Å²) in [6, 6.07) is 44.4. The van der Waals surface area contributed by atoms with Gasteiger partial charge in [0, 0.05) is 21.5 Å². The van der Waals surface area contributed by atoms with E-state index in [1.165, 1.54) is 42.3 Å². The van der Waals surface area contributed by atoms with Crippen LogP contribution in [0.1, 0.15) is 6.42 Å². The van der Waals surface area contributed by atoms with E-state index in [1.807, 2.05) is 0 Å². The van der Waals surface area contributed by atoms with Crippen LogP contribution >= 0.6 is 16.5 Å². The normalized spacial score (nSPS) is 13.1. The van der Waals surface area contributed by atoms with Crippen LogP contribution in [0.4, 0.5) is 0 Å².